The molecule has 0 saturated heterocycles. The number of carboxylic acid groups (broad SMARTS) is 1. The van der Waals surface area contributed by atoms with Crippen LogP contribution in [0.4, 0.5) is 0 Å². The first kappa shape index (κ1) is 17.1. The minimum Gasteiger partial charge on any atom is -0.480 e. The Morgan fingerprint density at radius 1 is 1.26 bits per heavy atom. The number of aromatic nitrogens is 1. The van der Waals surface area contributed by atoms with Gasteiger partial charge in [0.05, 0.1) is 5.69 Å². The molecule has 0 unspecified atom stereocenters. The molecule has 1 amide bonds. The smallest absolute Gasteiger partial charge is 0.323 e. The van der Waals surface area contributed by atoms with Gasteiger partial charge in [0.2, 0.25) is 0 Å². The highest BCUT2D eigenvalue weighted by atomic mass is 16.5. The van der Waals surface area contributed by atoms with Gasteiger partial charge in [-0.3, -0.25) is 25.1 Å². The van der Waals surface area contributed by atoms with Crippen molar-refractivity contribution in [2.45, 2.75) is 44.2 Å². The molecule has 1 aliphatic rings. The van der Waals surface area contributed by atoms with Crippen LogP contribution in [0.25, 0.3) is 6.08 Å². The number of carbonyl (C=O) groups is 2. The molecule has 2 rings (SSSR count). The highest BCUT2D eigenvalue weighted by Crippen LogP contribution is 2.28. The van der Waals surface area contributed by atoms with Gasteiger partial charge in [0.25, 0.3) is 5.91 Å². The Balaban J connectivity index is 1.96. The molecule has 0 aliphatic heterocycles. The Morgan fingerprint density at radius 2 is 2.00 bits per heavy atom. The quantitative estimate of drug-likeness (QED) is 0.359. The highest BCUT2D eigenvalue weighted by molar-refractivity contribution is 5.90. The minimum atomic E-state index is -0.849. The van der Waals surface area contributed by atoms with E-state index in [9.17, 15) is 14.7 Å². The number of hydrogen-bond donors (Lipinski definition) is 4. The van der Waals surface area contributed by atoms with E-state index < -0.39 is 17.4 Å². The first-order valence-electron chi connectivity index (χ1n) is 7.61. The Morgan fingerprint density at radius 3 is 2.57 bits per heavy atom. The number of amides is 1. The molecule has 7 heteroatoms. The number of nitrogens with one attached hydrogen (secondary N) is 2. The van der Waals surface area contributed by atoms with E-state index in [0.29, 0.717) is 24.9 Å². The van der Waals surface area contributed by atoms with Crippen LogP contribution in [0.3, 0.4) is 0 Å². The molecule has 4 N–H and O–H groups in total. The second-order valence-corrected chi connectivity index (χ2v) is 5.69. The molecule has 23 heavy (non-hydrogen) atoms. The Labute approximate surface area is 134 Å². The largest absolute Gasteiger partial charge is 0.480 e. The first-order chi connectivity index (χ1) is 11.1. The minimum absolute atomic E-state index is 0.382. The Hall–Kier alpha value is -2.25. The lowest BCUT2D eigenvalue weighted by molar-refractivity contribution is -0.146. The summed E-state index contributed by atoms with van der Waals surface area (Å²) >= 11 is 0. The van der Waals surface area contributed by atoms with E-state index >= 15 is 0 Å². The van der Waals surface area contributed by atoms with Crippen LogP contribution in [0.5, 0.6) is 0 Å². The van der Waals surface area contributed by atoms with Crippen molar-refractivity contribution >= 4 is 18.0 Å². The number of aliphatic carboxylic acids is 1. The zero-order valence-corrected chi connectivity index (χ0v) is 12.8. The molecule has 124 valence electrons. The first-order valence-corrected chi connectivity index (χ1v) is 7.61. The van der Waals surface area contributed by atoms with Gasteiger partial charge < -0.3 is 5.11 Å². The van der Waals surface area contributed by atoms with E-state index in [-0.39, 0.29) is 0 Å². The number of rotatable bonds is 6. The molecular formula is C16H21N3O4. The standard InChI is InChI=1S/C16H21N3O4/c20-14(19-23)7-5-12-4-6-13(17-10-12)11-18-16(15(21)22)8-2-1-3-9-16/h4-7,10,18,23H,1-3,8-9,11H2,(H,19,20)(H,21,22)/b7-5+. The molecule has 0 atom stereocenters. The molecule has 0 spiro atoms. The van der Waals surface area contributed by atoms with Crippen LogP contribution in [-0.2, 0) is 16.1 Å². The van der Waals surface area contributed by atoms with Crippen molar-refractivity contribution in [2.24, 2.45) is 0 Å². The average molecular weight is 319 g/mol. The van der Waals surface area contributed by atoms with Gasteiger partial charge in [0.15, 0.2) is 0 Å². The van der Waals surface area contributed by atoms with E-state index in [1.165, 1.54) is 17.6 Å². The summed E-state index contributed by atoms with van der Waals surface area (Å²) < 4.78 is 0. The fourth-order valence-corrected chi connectivity index (χ4v) is 2.73. The molecule has 1 aromatic heterocycles. The van der Waals surface area contributed by atoms with E-state index in [2.05, 4.69) is 10.3 Å². The second kappa shape index (κ2) is 7.85. The van der Waals surface area contributed by atoms with Crippen molar-refractivity contribution in [1.29, 1.82) is 0 Å². The summed E-state index contributed by atoms with van der Waals surface area (Å²) in [6.07, 6.45) is 8.50. The van der Waals surface area contributed by atoms with Crippen LogP contribution >= 0.6 is 0 Å². The van der Waals surface area contributed by atoms with Crippen molar-refractivity contribution in [3.63, 3.8) is 0 Å². The second-order valence-electron chi connectivity index (χ2n) is 5.69. The fraction of sp³-hybridized carbons (Fsp3) is 0.438. The summed E-state index contributed by atoms with van der Waals surface area (Å²) in [5, 5.41) is 21.1. The maximum Gasteiger partial charge on any atom is 0.323 e. The van der Waals surface area contributed by atoms with Crippen LogP contribution < -0.4 is 10.8 Å². The van der Waals surface area contributed by atoms with Crippen molar-refractivity contribution in [2.75, 3.05) is 0 Å². The summed E-state index contributed by atoms with van der Waals surface area (Å²) in [5.41, 5.74) is 2.10. The van der Waals surface area contributed by atoms with Gasteiger partial charge in [-0.05, 0) is 30.5 Å². The number of hydrogen-bond acceptors (Lipinski definition) is 5. The normalized spacial score (nSPS) is 17.1. The van der Waals surface area contributed by atoms with Gasteiger partial charge in [-0.1, -0.05) is 25.3 Å². The van der Waals surface area contributed by atoms with Crippen LogP contribution in [0.2, 0.25) is 0 Å². The predicted octanol–water partition coefficient (Wildman–Crippen LogP) is 1.48. The summed E-state index contributed by atoms with van der Waals surface area (Å²) in [7, 11) is 0. The third-order valence-electron chi connectivity index (χ3n) is 4.11. The average Bonchev–Trinajstić information content (AvgIpc) is 2.59. The molecular weight excluding hydrogens is 298 g/mol. The lowest BCUT2D eigenvalue weighted by atomic mass is 9.81. The monoisotopic (exact) mass is 319 g/mol. The van der Waals surface area contributed by atoms with E-state index in [1.807, 2.05) is 0 Å². The van der Waals surface area contributed by atoms with Crippen molar-refractivity contribution < 1.29 is 19.9 Å². The fourth-order valence-electron chi connectivity index (χ4n) is 2.73. The number of pyridine rings is 1. The van der Waals surface area contributed by atoms with Crippen molar-refractivity contribution in [3.8, 4) is 0 Å². The number of nitrogens with zero attached hydrogens (tertiary/aromatic N) is 1. The van der Waals surface area contributed by atoms with Gasteiger partial charge in [0, 0.05) is 18.8 Å². The number of hydroxylamine groups is 1. The number of carbonyl (C=O) groups excluding carboxylic acids is 1. The third kappa shape index (κ3) is 4.61. The molecule has 1 saturated carbocycles. The van der Waals surface area contributed by atoms with Gasteiger partial charge in [-0.15, -0.1) is 0 Å². The van der Waals surface area contributed by atoms with Crippen LogP contribution in [0.15, 0.2) is 24.4 Å². The highest BCUT2D eigenvalue weighted by Gasteiger charge is 2.38. The molecule has 1 heterocycles. The summed E-state index contributed by atoms with van der Waals surface area (Å²) in [6.45, 7) is 0.382. The molecule has 7 nitrogen and oxygen atoms in total. The third-order valence-corrected chi connectivity index (χ3v) is 4.11. The topological polar surface area (TPSA) is 112 Å². The van der Waals surface area contributed by atoms with Crippen LogP contribution in [-0.4, -0.2) is 32.7 Å². The zero-order chi connectivity index (χ0) is 16.7. The van der Waals surface area contributed by atoms with Crippen molar-refractivity contribution in [3.05, 3.63) is 35.7 Å². The van der Waals surface area contributed by atoms with Gasteiger partial charge >= 0.3 is 5.97 Å². The van der Waals surface area contributed by atoms with Crippen LogP contribution in [0, 0.1) is 0 Å². The van der Waals surface area contributed by atoms with Gasteiger partial charge in [-0.25, -0.2) is 5.48 Å². The van der Waals surface area contributed by atoms with E-state index in [4.69, 9.17) is 5.21 Å². The molecule has 0 radical (unpaired) electrons. The predicted molar refractivity (Wildman–Crippen MR) is 83.5 cm³/mol. The Kier molecular flexibility index (Phi) is 5.84. The van der Waals surface area contributed by atoms with Crippen molar-refractivity contribution in [1.82, 2.24) is 15.8 Å². The number of carboxylic acids is 1. The zero-order valence-electron chi connectivity index (χ0n) is 12.8. The lowest BCUT2D eigenvalue weighted by Crippen LogP contribution is -2.52. The summed E-state index contributed by atoms with van der Waals surface area (Å²) in [5.74, 6) is -1.41. The van der Waals surface area contributed by atoms with Crippen LogP contribution in [0.1, 0.15) is 43.4 Å². The van der Waals surface area contributed by atoms with E-state index in [0.717, 1.165) is 25.0 Å². The molecule has 0 aromatic carbocycles. The molecule has 1 aliphatic carbocycles. The Bertz CT molecular complexity index is 577. The molecule has 0 bridgehead atoms. The van der Waals surface area contributed by atoms with E-state index in [1.54, 1.807) is 18.3 Å². The summed E-state index contributed by atoms with van der Waals surface area (Å²) in [6, 6.07) is 3.56. The molecule has 1 aromatic rings. The SMILES string of the molecule is O=C(/C=C/c1ccc(CNC2(C(=O)O)CCCCC2)nc1)NO. The van der Waals surface area contributed by atoms with Gasteiger partial charge in [-0.2, -0.15) is 0 Å². The maximum absolute atomic E-state index is 11.6. The lowest BCUT2D eigenvalue weighted by Gasteiger charge is -2.34. The molecule has 1 fully saturated rings. The van der Waals surface area contributed by atoms with Gasteiger partial charge in [0.1, 0.15) is 5.54 Å². The maximum atomic E-state index is 11.6. The summed E-state index contributed by atoms with van der Waals surface area (Å²) in [4.78, 5) is 26.7.